The zero-order chi connectivity index (χ0) is 15.6. The van der Waals surface area contributed by atoms with Gasteiger partial charge in [0, 0.05) is 6.54 Å². The van der Waals surface area contributed by atoms with E-state index in [1.54, 1.807) is 0 Å². The molecule has 0 amide bonds. The first-order valence-electron chi connectivity index (χ1n) is 8.39. The van der Waals surface area contributed by atoms with Crippen molar-refractivity contribution in [3.05, 3.63) is 15.9 Å². The quantitative estimate of drug-likeness (QED) is 0.858. The predicted octanol–water partition coefficient (Wildman–Crippen LogP) is 4.20. The molecule has 1 saturated carbocycles. The highest BCUT2D eigenvalue weighted by atomic mass is 79.9. The van der Waals surface area contributed by atoms with Crippen LogP contribution in [-0.4, -0.2) is 21.0 Å². The van der Waals surface area contributed by atoms with Gasteiger partial charge in [-0.15, -0.1) is 0 Å². The normalized spacial score (nSPS) is 26.5. The summed E-state index contributed by atoms with van der Waals surface area (Å²) in [5, 5.41) is 15.1. The van der Waals surface area contributed by atoms with E-state index >= 15 is 0 Å². The first-order valence-corrected chi connectivity index (χ1v) is 9.19. The van der Waals surface area contributed by atoms with E-state index in [4.69, 9.17) is 0 Å². The Morgan fingerprint density at radius 1 is 1.33 bits per heavy atom. The molecule has 1 fully saturated rings. The first-order chi connectivity index (χ1) is 9.97. The van der Waals surface area contributed by atoms with Crippen molar-refractivity contribution in [3.8, 4) is 0 Å². The molecule has 1 heterocycles. The zero-order valence-electron chi connectivity index (χ0n) is 13.8. The van der Waals surface area contributed by atoms with E-state index in [2.05, 4.69) is 53.4 Å². The van der Waals surface area contributed by atoms with Gasteiger partial charge < -0.3 is 5.11 Å². The molecule has 1 aromatic rings. The van der Waals surface area contributed by atoms with Gasteiger partial charge in [0.25, 0.3) is 0 Å². The third-order valence-corrected chi connectivity index (χ3v) is 5.99. The standard InChI is InChI=1S/C17H29BrN2O/c1-5-14-17(18)15(20(6-2)19-14)10-13-9-12(11(3)4)7-8-16(13)21/h11-13,16,21H,5-10H2,1-4H3. The number of hydrogen-bond acceptors (Lipinski definition) is 2. The van der Waals surface area contributed by atoms with Crippen LogP contribution in [0.25, 0.3) is 0 Å². The SMILES string of the molecule is CCc1nn(CC)c(CC2CC(C(C)C)CCC2O)c1Br. The second kappa shape index (κ2) is 7.28. The van der Waals surface area contributed by atoms with Gasteiger partial charge in [-0.25, -0.2) is 0 Å². The van der Waals surface area contributed by atoms with Gasteiger partial charge in [0.1, 0.15) is 0 Å². The van der Waals surface area contributed by atoms with Gasteiger partial charge in [-0.05, 0) is 72.7 Å². The Labute approximate surface area is 137 Å². The van der Waals surface area contributed by atoms with Crippen LogP contribution in [0.4, 0.5) is 0 Å². The van der Waals surface area contributed by atoms with Crippen molar-refractivity contribution in [3.63, 3.8) is 0 Å². The molecule has 0 spiro atoms. The van der Waals surface area contributed by atoms with Gasteiger partial charge in [-0.2, -0.15) is 5.10 Å². The lowest BCUT2D eigenvalue weighted by molar-refractivity contribution is 0.0368. The number of nitrogens with zero attached hydrogens (tertiary/aromatic N) is 2. The minimum atomic E-state index is -0.155. The maximum atomic E-state index is 10.4. The highest BCUT2D eigenvalue weighted by molar-refractivity contribution is 9.10. The van der Waals surface area contributed by atoms with Crippen molar-refractivity contribution in [2.45, 2.75) is 72.4 Å². The van der Waals surface area contributed by atoms with Gasteiger partial charge in [-0.3, -0.25) is 4.68 Å². The summed E-state index contributed by atoms with van der Waals surface area (Å²) in [7, 11) is 0. The summed E-state index contributed by atoms with van der Waals surface area (Å²) in [5.41, 5.74) is 2.40. The van der Waals surface area contributed by atoms with E-state index in [0.717, 1.165) is 48.3 Å². The fraction of sp³-hybridized carbons (Fsp3) is 0.824. The van der Waals surface area contributed by atoms with Crippen molar-refractivity contribution in [2.24, 2.45) is 17.8 Å². The molecule has 1 aromatic heterocycles. The average molecular weight is 357 g/mol. The van der Waals surface area contributed by atoms with Crippen molar-refractivity contribution in [1.82, 2.24) is 9.78 Å². The predicted molar refractivity (Wildman–Crippen MR) is 90.4 cm³/mol. The van der Waals surface area contributed by atoms with E-state index < -0.39 is 0 Å². The molecule has 0 saturated heterocycles. The van der Waals surface area contributed by atoms with Gasteiger partial charge in [0.15, 0.2) is 0 Å². The molecule has 2 rings (SSSR count). The first kappa shape index (κ1) is 17.0. The van der Waals surface area contributed by atoms with Crippen molar-refractivity contribution < 1.29 is 5.11 Å². The molecule has 3 nitrogen and oxygen atoms in total. The van der Waals surface area contributed by atoms with E-state index in [-0.39, 0.29) is 6.10 Å². The lowest BCUT2D eigenvalue weighted by Gasteiger charge is -2.35. The van der Waals surface area contributed by atoms with Crippen LogP contribution < -0.4 is 0 Å². The van der Waals surface area contributed by atoms with Gasteiger partial charge >= 0.3 is 0 Å². The van der Waals surface area contributed by atoms with Gasteiger partial charge in [0.2, 0.25) is 0 Å². The fourth-order valence-electron chi connectivity index (χ4n) is 3.57. The molecule has 3 atom stereocenters. The number of hydrogen-bond donors (Lipinski definition) is 1. The summed E-state index contributed by atoms with van der Waals surface area (Å²) in [4.78, 5) is 0. The summed E-state index contributed by atoms with van der Waals surface area (Å²) < 4.78 is 3.26. The topological polar surface area (TPSA) is 38.0 Å². The molecule has 0 bridgehead atoms. The Bertz CT molecular complexity index is 470. The Morgan fingerprint density at radius 2 is 2.05 bits per heavy atom. The summed E-state index contributed by atoms with van der Waals surface area (Å²) in [6.07, 6.45) is 4.99. The van der Waals surface area contributed by atoms with Crippen molar-refractivity contribution in [1.29, 1.82) is 0 Å². The monoisotopic (exact) mass is 356 g/mol. The molecule has 120 valence electrons. The molecule has 1 N–H and O–H groups in total. The van der Waals surface area contributed by atoms with Gasteiger partial charge in [-0.1, -0.05) is 20.8 Å². The molecule has 4 heteroatoms. The maximum Gasteiger partial charge on any atom is 0.0766 e. The molecule has 21 heavy (non-hydrogen) atoms. The van der Waals surface area contributed by atoms with Crippen LogP contribution in [0, 0.1) is 17.8 Å². The molecule has 3 unspecified atom stereocenters. The third kappa shape index (κ3) is 3.70. The molecule has 0 aliphatic heterocycles. The van der Waals surface area contributed by atoms with Crippen LogP contribution in [0.1, 0.15) is 58.3 Å². The molecular weight excluding hydrogens is 328 g/mol. The van der Waals surface area contributed by atoms with Gasteiger partial charge in [0.05, 0.1) is 22.0 Å². The molecular formula is C17H29BrN2O. The fourth-order valence-corrected chi connectivity index (χ4v) is 4.30. The van der Waals surface area contributed by atoms with E-state index in [1.807, 2.05) is 0 Å². The Morgan fingerprint density at radius 3 is 2.62 bits per heavy atom. The molecule has 0 aromatic carbocycles. The van der Waals surface area contributed by atoms with Crippen LogP contribution in [0.5, 0.6) is 0 Å². The minimum Gasteiger partial charge on any atom is -0.393 e. The number of aryl methyl sites for hydroxylation is 2. The lowest BCUT2D eigenvalue weighted by atomic mass is 9.73. The number of aliphatic hydroxyl groups is 1. The van der Waals surface area contributed by atoms with Crippen LogP contribution >= 0.6 is 15.9 Å². The summed E-state index contributed by atoms with van der Waals surface area (Å²) in [6.45, 7) is 9.78. The van der Waals surface area contributed by atoms with Crippen LogP contribution in [0.3, 0.4) is 0 Å². The van der Waals surface area contributed by atoms with Crippen LogP contribution in [-0.2, 0) is 19.4 Å². The Hall–Kier alpha value is -0.350. The second-order valence-corrected chi connectivity index (χ2v) is 7.52. The van der Waals surface area contributed by atoms with E-state index in [1.165, 1.54) is 12.1 Å². The number of aliphatic hydroxyl groups excluding tert-OH is 1. The maximum absolute atomic E-state index is 10.4. The second-order valence-electron chi connectivity index (χ2n) is 6.73. The van der Waals surface area contributed by atoms with E-state index in [9.17, 15) is 5.11 Å². The third-order valence-electron chi connectivity index (χ3n) is 5.08. The highest BCUT2D eigenvalue weighted by Gasteiger charge is 2.32. The summed E-state index contributed by atoms with van der Waals surface area (Å²) in [5.74, 6) is 1.83. The average Bonchev–Trinajstić information content (AvgIpc) is 2.77. The summed E-state index contributed by atoms with van der Waals surface area (Å²) in [6, 6.07) is 0. The number of aromatic nitrogens is 2. The van der Waals surface area contributed by atoms with Crippen molar-refractivity contribution in [2.75, 3.05) is 0 Å². The highest BCUT2D eigenvalue weighted by Crippen LogP contribution is 2.37. The van der Waals surface area contributed by atoms with E-state index in [0.29, 0.717) is 11.8 Å². The zero-order valence-corrected chi connectivity index (χ0v) is 15.4. The largest absolute Gasteiger partial charge is 0.393 e. The number of halogens is 1. The smallest absolute Gasteiger partial charge is 0.0766 e. The van der Waals surface area contributed by atoms with Crippen molar-refractivity contribution >= 4 is 15.9 Å². The summed E-state index contributed by atoms with van der Waals surface area (Å²) >= 11 is 3.73. The van der Waals surface area contributed by atoms with Crippen LogP contribution in [0.2, 0.25) is 0 Å². The molecule has 0 radical (unpaired) electrons. The minimum absolute atomic E-state index is 0.155. The molecule has 1 aliphatic rings. The Kier molecular flexibility index (Phi) is 5.89. The number of rotatable bonds is 5. The van der Waals surface area contributed by atoms with Crippen LogP contribution in [0.15, 0.2) is 4.47 Å². The Balaban J connectivity index is 2.18. The lowest BCUT2D eigenvalue weighted by Crippen LogP contribution is -2.33. The molecule has 1 aliphatic carbocycles.